The number of hydrogen-bond acceptors (Lipinski definition) is 3. The molecule has 0 amide bonds. The van der Waals surface area contributed by atoms with Crippen LogP contribution >= 0.6 is 0 Å². The van der Waals surface area contributed by atoms with E-state index in [2.05, 4.69) is 47.2 Å². The molecule has 2 aromatic heterocycles. The van der Waals surface area contributed by atoms with Crippen LogP contribution in [0.4, 0.5) is 11.5 Å². The van der Waals surface area contributed by atoms with Gasteiger partial charge in [-0.05, 0) is 62.4 Å². The molecule has 0 aliphatic heterocycles. The fraction of sp³-hybridized carbons (Fsp3) is 0.217. The first-order valence-corrected chi connectivity index (χ1v) is 9.36. The van der Waals surface area contributed by atoms with Gasteiger partial charge in [-0.3, -0.25) is 9.36 Å². The van der Waals surface area contributed by atoms with E-state index in [1.54, 1.807) is 6.07 Å². The van der Waals surface area contributed by atoms with E-state index in [-0.39, 0.29) is 5.43 Å². The molecule has 4 heteroatoms. The summed E-state index contributed by atoms with van der Waals surface area (Å²) >= 11 is 0. The van der Waals surface area contributed by atoms with Gasteiger partial charge in [-0.1, -0.05) is 29.8 Å². The number of rotatable bonds is 3. The maximum absolute atomic E-state index is 12.7. The summed E-state index contributed by atoms with van der Waals surface area (Å²) in [5, 5.41) is 4.07. The number of nitrogens with one attached hydrogen (secondary N) is 1. The van der Waals surface area contributed by atoms with Crippen LogP contribution in [-0.4, -0.2) is 9.55 Å². The maximum Gasteiger partial charge on any atom is 0.193 e. The predicted octanol–water partition coefficient (Wildman–Crippen LogP) is 4.80. The summed E-state index contributed by atoms with van der Waals surface area (Å²) in [6, 6.07) is 13.6. The lowest BCUT2D eigenvalue weighted by molar-refractivity contribution is 0.959. The molecule has 0 spiro atoms. The Bertz CT molecular complexity index is 1170. The van der Waals surface area contributed by atoms with Crippen LogP contribution in [-0.2, 0) is 0 Å². The number of pyridine rings is 2. The molecular weight excluding hydrogens is 334 g/mol. The van der Waals surface area contributed by atoms with Gasteiger partial charge in [0.25, 0.3) is 0 Å². The van der Waals surface area contributed by atoms with E-state index in [0.717, 1.165) is 22.9 Å². The molecule has 27 heavy (non-hydrogen) atoms. The van der Waals surface area contributed by atoms with Crippen LogP contribution in [0, 0.1) is 25.7 Å². The van der Waals surface area contributed by atoms with Crippen molar-refractivity contribution in [1.29, 1.82) is 0 Å². The molecule has 0 bridgehead atoms. The molecule has 0 radical (unpaired) electrons. The Morgan fingerprint density at radius 1 is 1.07 bits per heavy atom. The monoisotopic (exact) mass is 355 g/mol. The van der Waals surface area contributed by atoms with Crippen molar-refractivity contribution in [3.8, 4) is 0 Å². The summed E-state index contributed by atoms with van der Waals surface area (Å²) in [6.45, 7) is 4.02. The SMILES string of the molecule is Cc1ccc(Nc2cc(=O)c3ccc(C)nc3n2C2=CC3CC3C=C2)cc1. The van der Waals surface area contributed by atoms with Crippen molar-refractivity contribution in [2.45, 2.75) is 20.3 Å². The lowest BCUT2D eigenvalue weighted by Gasteiger charge is -2.20. The quantitative estimate of drug-likeness (QED) is 0.734. The van der Waals surface area contributed by atoms with E-state index in [9.17, 15) is 4.79 Å². The Balaban J connectivity index is 1.73. The van der Waals surface area contributed by atoms with E-state index < -0.39 is 0 Å². The van der Waals surface area contributed by atoms with Crippen molar-refractivity contribution in [3.63, 3.8) is 0 Å². The van der Waals surface area contributed by atoms with E-state index in [1.807, 2.05) is 31.2 Å². The van der Waals surface area contributed by atoms with Gasteiger partial charge in [-0.15, -0.1) is 0 Å². The minimum Gasteiger partial charge on any atom is -0.341 e. The van der Waals surface area contributed by atoms with Gasteiger partial charge in [-0.25, -0.2) is 4.98 Å². The van der Waals surface area contributed by atoms with E-state index in [0.29, 0.717) is 22.9 Å². The first kappa shape index (κ1) is 16.1. The molecule has 2 aliphatic carbocycles. The van der Waals surface area contributed by atoms with Crippen LogP contribution in [0.25, 0.3) is 16.7 Å². The summed E-state index contributed by atoms with van der Waals surface area (Å²) in [5.41, 5.74) is 4.80. The molecule has 2 heterocycles. The highest BCUT2D eigenvalue weighted by atomic mass is 16.1. The molecule has 1 aromatic carbocycles. The molecular formula is C23H21N3O. The van der Waals surface area contributed by atoms with Gasteiger partial charge in [0.1, 0.15) is 11.5 Å². The van der Waals surface area contributed by atoms with Crippen LogP contribution in [0.1, 0.15) is 17.7 Å². The molecule has 3 aromatic rings. The van der Waals surface area contributed by atoms with Crippen molar-refractivity contribution < 1.29 is 0 Å². The summed E-state index contributed by atoms with van der Waals surface area (Å²) in [7, 11) is 0. The molecule has 2 aliphatic rings. The van der Waals surface area contributed by atoms with Crippen LogP contribution in [0.2, 0.25) is 0 Å². The van der Waals surface area contributed by atoms with Gasteiger partial charge in [0.05, 0.1) is 5.39 Å². The lowest BCUT2D eigenvalue weighted by atomic mass is 10.1. The third-order valence-corrected chi connectivity index (χ3v) is 5.37. The average molecular weight is 355 g/mol. The van der Waals surface area contributed by atoms with E-state index >= 15 is 0 Å². The summed E-state index contributed by atoms with van der Waals surface area (Å²) < 4.78 is 2.08. The molecule has 1 N–H and O–H groups in total. The third-order valence-electron chi connectivity index (χ3n) is 5.37. The number of nitrogens with zero attached hydrogens (tertiary/aromatic N) is 2. The van der Waals surface area contributed by atoms with Gasteiger partial charge in [0.2, 0.25) is 0 Å². The number of anilines is 2. The highest BCUT2D eigenvalue weighted by Gasteiger charge is 2.35. The highest BCUT2D eigenvalue weighted by Crippen LogP contribution is 2.45. The Morgan fingerprint density at radius 2 is 1.89 bits per heavy atom. The highest BCUT2D eigenvalue weighted by molar-refractivity contribution is 5.85. The van der Waals surface area contributed by atoms with Crippen LogP contribution < -0.4 is 10.7 Å². The fourth-order valence-electron chi connectivity index (χ4n) is 3.72. The number of hydrogen-bond donors (Lipinski definition) is 1. The zero-order chi connectivity index (χ0) is 18.5. The number of aromatic nitrogens is 2. The average Bonchev–Trinajstić information content (AvgIpc) is 3.42. The molecule has 5 rings (SSSR count). The zero-order valence-electron chi connectivity index (χ0n) is 15.4. The topological polar surface area (TPSA) is 46.9 Å². The van der Waals surface area contributed by atoms with Crippen molar-refractivity contribution in [3.05, 3.63) is 82.2 Å². The number of aryl methyl sites for hydroxylation is 2. The van der Waals surface area contributed by atoms with Gasteiger partial charge in [0, 0.05) is 23.1 Å². The largest absolute Gasteiger partial charge is 0.341 e. The Labute approximate surface area is 157 Å². The second kappa shape index (κ2) is 5.95. The van der Waals surface area contributed by atoms with Crippen molar-refractivity contribution in [2.75, 3.05) is 5.32 Å². The Morgan fingerprint density at radius 3 is 2.67 bits per heavy atom. The second-order valence-corrected chi connectivity index (χ2v) is 7.56. The molecule has 0 saturated heterocycles. The smallest absolute Gasteiger partial charge is 0.193 e. The summed E-state index contributed by atoms with van der Waals surface area (Å²) in [5.74, 6) is 2.03. The fourth-order valence-corrected chi connectivity index (χ4v) is 3.72. The van der Waals surface area contributed by atoms with Gasteiger partial charge < -0.3 is 5.32 Å². The summed E-state index contributed by atoms with van der Waals surface area (Å²) in [6.07, 6.45) is 7.95. The van der Waals surface area contributed by atoms with Crippen LogP contribution in [0.5, 0.6) is 0 Å². The molecule has 2 unspecified atom stereocenters. The Hall–Kier alpha value is -3.14. The first-order chi connectivity index (χ1) is 13.1. The zero-order valence-corrected chi connectivity index (χ0v) is 15.4. The molecule has 134 valence electrons. The van der Waals surface area contributed by atoms with Crippen molar-refractivity contribution in [2.24, 2.45) is 11.8 Å². The third kappa shape index (κ3) is 2.87. The second-order valence-electron chi connectivity index (χ2n) is 7.56. The van der Waals surface area contributed by atoms with Gasteiger partial charge in [-0.2, -0.15) is 0 Å². The lowest BCUT2D eigenvalue weighted by Crippen LogP contribution is -2.15. The molecule has 1 saturated carbocycles. The number of benzene rings is 1. The number of allylic oxidation sites excluding steroid dienone is 4. The van der Waals surface area contributed by atoms with Crippen LogP contribution in [0.15, 0.2) is 65.5 Å². The normalized spacial score (nSPS) is 20.3. The van der Waals surface area contributed by atoms with Gasteiger partial charge in [0.15, 0.2) is 5.43 Å². The summed E-state index contributed by atoms with van der Waals surface area (Å²) in [4.78, 5) is 17.4. The standard InChI is InChI=1S/C23H21N3O/c1-14-3-7-18(8-4-14)25-22-13-21(27)20-10-5-15(2)24-23(20)26(22)19-9-6-16-11-17(16)12-19/h3-10,12-13,16-17,25H,11H2,1-2H3. The van der Waals surface area contributed by atoms with Crippen molar-refractivity contribution >= 4 is 28.2 Å². The Kier molecular flexibility index (Phi) is 3.54. The predicted molar refractivity (Wildman–Crippen MR) is 110 cm³/mol. The molecule has 4 nitrogen and oxygen atoms in total. The minimum absolute atomic E-state index is 0.0203. The van der Waals surface area contributed by atoms with Crippen LogP contribution in [0.3, 0.4) is 0 Å². The van der Waals surface area contributed by atoms with Crippen molar-refractivity contribution in [1.82, 2.24) is 9.55 Å². The molecule has 2 atom stereocenters. The molecule has 1 fully saturated rings. The maximum atomic E-state index is 12.7. The number of fused-ring (bicyclic) bond motifs is 2. The minimum atomic E-state index is -0.0203. The van der Waals surface area contributed by atoms with Gasteiger partial charge >= 0.3 is 0 Å². The first-order valence-electron chi connectivity index (χ1n) is 9.36. The van der Waals surface area contributed by atoms with E-state index in [1.165, 1.54) is 12.0 Å². The van der Waals surface area contributed by atoms with E-state index in [4.69, 9.17) is 4.98 Å².